The summed E-state index contributed by atoms with van der Waals surface area (Å²) in [5.41, 5.74) is 6.25. The Hall–Kier alpha value is -1.02. The average Bonchev–Trinajstić information content (AvgIpc) is 3.27. The molecule has 1 heterocycles. The monoisotopic (exact) mass is 299 g/mol. The van der Waals surface area contributed by atoms with Gasteiger partial charge in [0.05, 0.1) is 0 Å². The lowest BCUT2D eigenvalue weighted by Crippen LogP contribution is -2.26. The van der Waals surface area contributed by atoms with Crippen molar-refractivity contribution < 1.29 is 13.2 Å². The van der Waals surface area contributed by atoms with E-state index in [2.05, 4.69) is 9.71 Å². The fraction of sp³-hybridized carbons (Fsp3) is 0.615. The number of aromatic nitrogens is 1. The van der Waals surface area contributed by atoms with Gasteiger partial charge >= 0.3 is 0 Å². The third-order valence-corrected chi connectivity index (χ3v) is 4.49. The Kier molecular flexibility index (Phi) is 5.47. The zero-order valence-electron chi connectivity index (χ0n) is 11.4. The molecule has 0 bridgehead atoms. The van der Waals surface area contributed by atoms with Gasteiger partial charge in [0.15, 0.2) is 5.03 Å². The maximum Gasteiger partial charge on any atom is 0.258 e. The molecule has 0 radical (unpaired) electrons. The average molecular weight is 299 g/mol. The highest BCUT2D eigenvalue weighted by molar-refractivity contribution is 7.89. The lowest BCUT2D eigenvalue weighted by Gasteiger charge is -2.07. The largest absolute Gasteiger partial charge is 0.381 e. The van der Waals surface area contributed by atoms with Gasteiger partial charge in [-0.3, -0.25) is 0 Å². The molecular formula is C13H21N3O3S. The van der Waals surface area contributed by atoms with Crippen molar-refractivity contribution in [2.45, 2.75) is 30.8 Å². The summed E-state index contributed by atoms with van der Waals surface area (Å²) >= 11 is 0. The molecule has 0 aliphatic heterocycles. The summed E-state index contributed by atoms with van der Waals surface area (Å²) in [6.07, 6.45) is 4.66. The number of hydrogen-bond donors (Lipinski definition) is 2. The van der Waals surface area contributed by atoms with Crippen molar-refractivity contribution in [3.05, 3.63) is 23.9 Å². The van der Waals surface area contributed by atoms with Gasteiger partial charge in [0.25, 0.3) is 10.0 Å². The first-order valence-corrected chi connectivity index (χ1v) is 8.32. The van der Waals surface area contributed by atoms with Crippen molar-refractivity contribution in [2.24, 2.45) is 11.7 Å². The zero-order chi connectivity index (χ0) is 14.4. The standard InChI is InChI=1S/C13H21N3O3S/c14-8-12-4-5-13(15-9-12)20(17,18)16-6-1-7-19-10-11-2-3-11/h4-5,9,11,16H,1-3,6-8,10,14H2. The Labute approximate surface area is 119 Å². The molecule has 0 aromatic carbocycles. The predicted molar refractivity (Wildman–Crippen MR) is 75.5 cm³/mol. The second-order valence-corrected chi connectivity index (χ2v) is 6.69. The molecule has 6 nitrogen and oxygen atoms in total. The van der Waals surface area contributed by atoms with Crippen LogP contribution in [0.25, 0.3) is 0 Å². The van der Waals surface area contributed by atoms with Crippen LogP contribution in [0.2, 0.25) is 0 Å². The number of ether oxygens (including phenoxy) is 1. The summed E-state index contributed by atoms with van der Waals surface area (Å²) in [6, 6.07) is 3.13. The first-order valence-electron chi connectivity index (χ1n) is 6.84. The molecule has 2 rings (SSSR count). The van der Waals surface area contributed by atoms with E-state index < -0.39 is 10.0 Å². The first-order chi connectivity index (χ1) is 9.62. The Balaban J connectivity index is 1.71. The lowest BCUT2D eigenvalue weighted by molar-refractivity contribution is 0.123. The number of pyridine rings is 1. The third-order valence-electron chi connectivity index (χ3n) is 3.12. The molecule has 1 saturated carbocycles. The number of nitrogens with two attached hydrogens (primary N) is 1. The van der Waals surface area contributed by atoms with Crippen LogP contribution in [0, 0.1) is 5.92 Å². The summed E-state index contributed by atoms with van der Waals surface area (Å²) in [5.74, 6) is 0.733. The van der Waals surface area contributed by atoms with E-state index in [4.69, 9.17) is 10.5 Å². The van der Waals surface area contributed by atoms with Crippen LogP contribution in [-0.4, -0.2) is 33.2 Å². The van der Waals surface area contributed by atoms with E-state index >= 15 is 0 Å². The molecule has 1 aromatic rings. The van der Waals surface area contributed by atoms with Gasteiger partial charge in [-0.25, -0.2) is 18.1 Å². The van der Waals surface area contributed by atoms with Gasteiger partial charge < -0.3 is 10.5 Å². The first kappa shape index (κ1) is 15.4. The summed E-state index contributed by atoms with van der Waals surface area (Å²) in [4.78, 5) is 3.91. The second-order valence-electron chi connectivity index (χ2n) is 4.98. The quantitative estimate of drug-likeness (QED) is 0.652. The molecule has 0 saturated heterocycles. The Morgan fingerprint density at radius 2 is 2.20 bits per heavy atom. The fourth-order valence-electron chi connectivity index (χ4n) is 1.68. The third kappa shape index (κ3) is 4.82. The van der Waals surface area contributed by atoms with Crippen LogP contribution in [0.15, 0.2) is 23.4 Å². The maximum atomic E-state index is 11.9. The topological polar surface area (TPSA) is 94.3 Å². The zero-order valence-corrected chi connectivity index (χ0v) is 12.2. The fourth-order valence-corrected chi connectivity index (χ4v) is 2.68. The highest BCUT2D eigenvalue weighted by atomic mass is 32.2. The molecule has 3 N–H and O–H groups in total. The van der Waals surface area contributed by atoms with Crippen LogP contribution < -0.4 is 10.5 Å². The molecule has 20 heavy (non-hydrogen) atoms. The summed E-state index contributed by atoms with van der Waals surface area (Å²) in [7, 11) is -3.53. The molecule has 1 aliphatic rings. The van der Waals surface area contributed by atoms with Gasteiger partial charge in [0, 0.05) is 32.5 Å². The van der Waals surface area contributed by atoms with E-state index in [0.717, 1.165) is 18.1 Å². The molecule has 0 amide bonds. The van der Waals surface area contributed by atoms with Crippen LogP contribution in [0.4, 0.5) is 0 Å². The van der Waals surface area contributed by atoms with Gasteiger partial charge in [-0.1, -0.05) is 6.07 Å². The minimum atomic E-state index is -3.53. The maximum absolute atomic E-state index is 11.9. The van der Waals surface area contributed by atoms with E-state index in [1.807, 2.05) is 0 Å². The molecule has 1 aliphatic carbocycles. The Morgan fingerprint density at radius 3 is 2.80 bits per heavy atom. The predicted octanol–water partition coefficient (Wildman–Crippen LogP) is 0.635. The van der Waals surface area contributed by atoms with Gasteiger partial charge in [-0.15, -0.1) is 0 Å². The van der Waals surface area contributed by atoms with Crippen molar-refractivity contribution in [1.82, 2.24) is 9.71 Å². The SMILES string of the molecule is NCc1ccc(S(=O)(=O)NCCCOCC2CC2)nc1. The smallest absolute Gasteiger partial charge is 0.258 e. The van der Waals surface area contributed by atoms with E-state index in [0.29, 0.717) is 26.1 Å². The Bertz CT molecular complexity index is 512. The normalized spacial score (nSPS) is 15.4. The van der Waals surface area contributed by atoms with E-state index in [1.165, 1.54) is 25.1 Å². The van der Waals surface area contributed by atoms with Gasteiger partial charge in [-0.05, 0) is 36.8 Å². The molecule has 0 atom stereocenters. The number of nitrogens with zero attached hydrogens (tertiary/aromatic N) is 1. The van der Waals surface area contributed by atoms with Crippen LogP contribution in [0.3, 0.4) is 0 Å². The van der Waals surface area contributed by atoms with Crippen LogP contribution in [0.1, 0.15) is 24.8 Å². The van der Waals surface area contributed by atoms with Crippen LogP contribution >= 0.6 is 0 Å². The summed E-state index contributed by atoms with van der Waals surface area (Å²) < 4.78 is 31.8. The summed E-state index contributed by atoms with van der Waals surface area (Å²) in [5, 5.41) is 0.0219. The van der Waals surface area contributed by atoms with Gasteiger partial charge in [-0.2, -0.15) is 0 Å². The van der Waals surface area contributed by atoms with E-state index in [9.17, 15) is 8.42 Å². The summed E-state index contributed by atoms with van der Waals surface area (Å²) in [6.45, 7) is 2.08. The van der Waals surface area contributed by atoms with Crippen LogP contribution in [-0.2, 0) is 21.3 Å². The molecule has 7 heteroatoms. The number of hydrogen-bond acceptors (Lipinski definition) is 5. The molecule has 0 spiro atoms. The minimum Gasteiger partial charge on any atom is -0.381 e. The molecule has 0 unspecified atom stereocenters. The highest BCUT2D eigenvalue weighted by Crippen LogP contribution is 2.28. The number of sulfonamides is 1. The van der Waals surface area contributed by atoms with E-state index in [1.54, 1.807) is 6.07 Å². The van der Waals surface area contributed by atoms with Crippen molar-refractivity contribution in [3.63, 3.8) is 0 Å². The lowest BCUT2D eigenvalue weighted by atomic mass is 10.3. The van der Waals surface area contributed by atoms with Crippen molar-refractivity contribution >= 4 is 10.0 Å². The molecule has 1 aromatic heterocycles. The number of nitrogens with one attached hydrogen (secondary N) is 1. The van der Waals surface area contributed by atoms with Crippen LogP contribution in [0.5, 0.6) is 0 Å². The van der Waals surface area contributed by atoms with Crippen molar-refractivity contribution in [1.29, 1.82) is 0 Å². The van der Waals surface area contributed by atoms with Gasteiger partial charge in [0.2, 0.25) is 0 Å². The van der Waals surface area contributed by atoms with Crippen molar-refractivity contribution in [3.8, 4) is 0 Å². The molecule has 112 valence electrons. The minimum absolute atomic E-state index is 0.0219. The second kappa shape index (κ2) is 7.12. The number of rotatable bonds is 9. The van der Waals surface area contributed by atoms with E-state index in [-0.39, 0.29) is 5.03 Å². The Morgan fingerprint density at radius 1 is 1.40 bits per heavy atom. The van der Waals surface area contributed by atoms with Crippen molar-refractivity contribution in [2.75, 3.05) is 19.8 Å². The van der Waals surface area contributed by atoms with Gasteiger partial charge in [0.1, 0.15) is 0 Å². The highest BCUT2D eigenvalue weighted by Gasteiger charge is 2.21. The molecule has 1 fully saturated rings. The molecular weight excluding hydrogens is 278 g/mol.